The number of hydrogen-bond donors (Lipinski definition) is 1. The average Bonchev–Trinajstić information content (AvgIpc) is 2.88. The summed E-state index contributed by atoms with van der Waals surface area (Å²) >= 11 is 0. The molecule has 2 atom stereocenters. The van der Waals surface area contributed by atoms with E-state index in [2.05, 4.69) is 21.5 Å². The van der Waals surface area contributed by atoms with Crippen LogP contribution in [-0.4, -0.2) is 63.7 Å². The second-order valence-corrected chi connectivity index (χ2v) is 8.33. The first-order valence-corrected chi connectivity index (χ1v) is 10.0. The number of anilines is 1. The Hall–Kier alpha value is -1.67. The fraction of sp³-hybridized carbons (Fsp3) is 0.625. The summed E-state index contributed by atoms with van der Waals surface area (Å²) in [5.74, 6) is 0.940. The third-order valence-electron chi connectivity index (χ3n) is 4.19. The number of sulfonamides is 1. The third kappa shape index (κ3) is 4.67. The predicted octanol–water partition coefficient (Wildman–Crippen LogP) is 0.938. The van der Waals surface area contributed by atoms with Crippen molar-refractivity contribution < 1.29 is 13.2 Å². The molecule has 134 valence electrons. The van der Waals surface area contributed by atoms with Gasteiger partial charge in [-0.05, 0) is 24.5 Å². The van der Waals surface area contributed by atoms with Gasteiger partial charge >= 0.3 is 0 Å². The minimum Gasteiger partial charge on any atom is -0.355 e. The van der Waals surface area contributed by atoms with Crippen LogP contribution in [0.15, 0.2) is 18.3 Å². The van der Waals surface area contributed by atoms with E-state index in [1.807, 2.05) is 6.07 Å². The zero-order valence-electron chi connectivity index (χ0n) is 14.7. The van der Waals surface area contributed by atoms with E-state index in [0.29, 0.717) is 12.1 Å². The van der Waals surface area contributed by atoms with Gasteiger partial charge in [-0.3, -0.25) is 4.79 Å². The molecule has 0 aliphatic carbocycles. The van der Waals surface area contributed by atoms with Crippen molar-refractivity contribution in [1.29, 1.82) is 0 Å². The quantitative estimate of drug-likeness (QED) is 0.822. The predicted molar refractivity (Wildman–Crippen MR) is 94.6 cm³/mol. The van der Waals surface area contributed by atoms with E-state index in [4.69, 9.17) is 0 Å². The molecular weight excluding hydrogens is 328 g/mol. The van der Waals surface area contributed by atoms with E-state index in [1.54, 1.807) is 26.4 Å². The highest BCUT2D eigenvalue weighted by Crippen LogP contribution is 2.26. The molecule has 1 saturated heterocycles. The van der Waals surface area contributed by atoms with Crippen molar-refractivity contribution in [3.63, 3.8) is 0 Å². The Morgan fingerprint density at radius 2 is 2.08 bits per heavy atom. The number of hydrogen-bond acceptors (Lipinski definition) is 5. The van der Waals surface area contributed by atoms with Gasteiger partial charge in [0.05, 0.1) is 11.8 Å². The lowest BCUT2D eigenvalue weighted by Gasteiger charge is -2.18. The minimum atomic E-state index is -3.24. The second kappa shape index (κ2) is 7.48. The van der Waals surface area contributed by atoms with Crippen molar-refractivity contribution in [2.24, 2.45) is 5.92 Å². The molecule has 0 aromatic carbocycles. The molecule has 0 radical (unpaired) electrons. The zero-order chi connectivity index (χ0) is 17.9. The fourth-order valence-electron chi connectivity index (χ4n) is 3.09. The lowest BCUT2D eigenvalue weighted by Crippen LogP contribution is -2.39. The first kappa shape index (κ1) is 18.7. The Labute approximate surface area is 144 Å². The molecule has 8 heteroatoms. The van der Waals surface area contributed by atoms with Gasteiger partial charge in [0.2, 0.25) is 10.0 Å². The van der Waals surface area contributed by atoms with Gasteiger partial charge in [0.15, 0.2) is 0 Å². The fourth-order valence-corrected chi connectivity index (χ4v) is 3.90. The van der Waals surface area contributed by atoms with E-state index >= 15 is 0 Å². The van der Waals surface area contributed by atoms with Crippen LogP contribution in [0.3, 0.4) is 0 Å². The van der Waals surface area contributed by atoms with Crippen molar-refractivity contribution in [3.8, 4) is 0 Å². The summed E-state index contributed by atoms with van der Waals surface area (Å²) in [5, 5.41) is 0. The van der Waals surface area contributed by atoms with Crippen molar-refractivity contribution in [1.82, 2.24) is 14.6 Å². The standard InChI is InChI=1S/C16H26N4O3S/c1-5-6-13-10-20(11-14(13)18-24(4,22)23)15-8-7-12(9-17-15)16(21)19(2)3/h7-9,13-14,18H,5-6,10-11H2,1-4H3/t13-,14-/m1/s1. The largest absolute Gasteiger partial charge is 0.355 e. The van der Waals surface area contributed by atoms with Crippen LogP contribution in [0, 0.1) is 5.92 Å². The summed E-state index contributed by atoms with van der Waals surface area (Å²) in [6, 6.07) is 3.48. The number of nitrogens with zero attached hydrogens (tertiary/aromatic N) is 3. The van der Waals surface area contributed by atoms with E-state index in [-0.39, 0.29) is 17.9 Å². The lowest BCUT2D eigenvalue weighted by atomic mass is 9.99. The highest BCUT2D eigenvalue weighted by Gasteiger charge is 2.34. The summed E-state index contributed by atoms with van der Waals surface area (Å²) in [7, 11) is 0.165. The number of amides is 1. The van der Waals surface area contributed by atoms with Crippen LogP contribution >= 0.6 is 0 Å². The molecule has 1 aromatic rings. The molecule has 1 aliphatic heterocycles. The molecule has 1 amide bonds. The van der Waals surface area contributed by atoms with Gasteiger partial charge in [-0.25, -0.2) is 18.1 Å². The number of aromatic nitrogens is 1. The number of carbonyl (C=O) groups excluding carboxylic acids is 1. The molecule has 1 fully saturated rings. The van der Waals surface area contributed by atoms with Gasteiger partial charge in [0.25, 0.3) is 5.91 Å². The molecule has 0 unspecified atom stereocenters. The van der Waals surface area contributed by atoms with Crippen molar-refractivity contribution in [2.45, 2.75) is 25.8 Å². The van der Waals surface area contributed by atoms with Crippen molar-refractivity contribution >= 4 is 21.7 Å². The van der Waals surface area contributed by atoms with Crippen LogP contribution in [0.1, 0.15) is 30.1 Å². The van der Waals surface area contributed by atoms with Crippen molar-refractivity contribution in [3.05, 3.63) is 23.9 Å². The van der Waals surface area contributed by atoms with Crippen molar-refractivity contribution in [2.75, 3.05) is 38.3 Å². The first-order valence-electron chi connectivity index (χ1n) is 8.11. The number of pyridine rings is 1. The topological polar surface area (TPSA) is 82.6 Å². The number of carbonyl (C=O) groups is 1. The SMILES string of the molecule is CCC[C@@H]1CN(c2ccc(C(=O)N(C)C)cn2)C[C@H]1NS(C)(=O)=O. The van der Waals surface area contributed by atoms with E-state index in [9.17, 15) is 13.2 Å². The van der Waals surface area contributed by atoms with Crippen LogP contribution in [0.4, 0.5) is 5.82 Å². The highest BCUT2D eigenvalue weighted by molar-refractivity contribution is 7.88. The highest BCUT2D eigenvalue weighted by atomic mass is 32.2. The second-order valence-electron chi connectivity index (χ2n) is 6.55. The van der Waals surface area contributed by atoms with Gasteiger partial charge < -0.3 is 9.80 Å². The van der Waals surface area contributed by atoms with Crippen LogP contribution in [-0.2, 0) is 10.0 Å². The lowest BCUT2D eigenvalue weighted by molar-refractivity contribution is 0.0827. The average molecular weight is 354 g/mol. The Morgan fingerprint density at radius 1 is 1.38 bits per heavy atom. The smallest absolute Gasteiger partial charge is 0.254 e. The van der Waals surface area contributed by atoms with E-state index in [1.165, 1.54) is 11.2 Å². The monoisotopic (exact) mass is 354 g/mol. The van der Waals surface area contributed by atoms with Crippen LogP contribution in [0.2, 0.25) is 0 Å². The van der Waals surface area contributed by atoms with Gasteiger partial charge in [-0.1, -0.05) is 13.3 Å². The molecule has 2 rings (SSSR count). The van der Waals surface area contributed by atoms with Gasteiger partial charge in [0, 0.05) is 39.4 Å². The molecule has 0 bridgehead atoms. The van der Waals surface area contributed by atoms with Crippen LogP contribution in [0.25, 0.3) is 0 Å². The maximum atomic E-state index is 11.9. The van der Waals surface area contributed by atoms with Gasteiger partial charge in [0.1, 0.15) is 5.82 Å². The van der Waals surface area contributed by atoms with Crippen LogP contribution < -0.4 is 9.62 Å². The molecule has 1 aromatic heterocycles. The Balaban J connectivity index is 2.13. The molecule has 2 heterocycles. The van der Waals surface area contributed by atoms with Gasteiger partial charge in [-0.15, -0.1) is 0 Å². The molecular formula is C16H26N4O3S. The zero-order valence-corrected chi connectivity index (χ0v) is 15.5. The Bertz CT molecular complexity index is 673. The Kier molecular flexibility index (Phi) is 5.82. The van der Waals surface area contributed by atoms with E-state index < -0.39 is 10.0 Å². The maximum Gasteiger partial charge on any atom is 0.254 e. The van der Waals surface area contributed by atoms with E-state index in [0.717, 1.165) is 25.2 Å². The summed E-state index contributed by atoms with van der Waals surface area (Å²) in [6.07, 6.45) is 4.73. The molecule has 0 spiro atoms. The van der Waals surface area contributed by atoms with Crippen LogP contribution in [0.5, 0.6) is 0 Å². The number of rotatable bonds is 6. The molecule has 7 nitrogen and oxygen atoms in total. The normalized spacial score (nSPS) is 21.1. The van der Waals surface area contributed by atoms with Gasteiger partial charge in [-0.2, -0.15) is 0 Å². The number of nitrogens with one attached hydrogen (secondary N) is 1. The third-order valence-corrected chi connectivity index (χ3v) is 4.92. The summed E-state index contributed by atoms with van der Waals surface area (Å²) < 4.78 is 25.9. The molecule has 24 heavy (non-hydrogen) atoms. The summed E-state index contributed by atoms with van der Waals surface area (Å²) in [6.45, 7) is 3.45. The minimum absolute atomic E-state index is 0.0871. The molecule has 1 aliphatic rings. The maximum absolute atomic E-state index is 11.9. The summed E-state index contributed by atoms with van der Waals surface area (Å²) in [4.78, 5) is 19.9. The molecule has 0 saturated carbocycles. The first-order chi connectivity index (χ1) is 11.2. The molecule has 1 N–H and O–H groups in total. The summed E-state index contributed by atoms with van der Waals surface area (Å²) in [5.41, 5.74) is 0.541. The Morgan fingerprint density at radius 3 is 2.58 bits per heavy atom.